The normalized spacial score (nSPS) is 27.2. The van der Waals surface area contributed by atoms with Crippen molar-refractivity contribution in [3.63, 3.8) is 0 Å². The van der Waals surface area contributed by atoms with Gasteiger partial charge in [-0.15, -0.1) is 0 Å². The van der Waals surface area contributed by atoms with Crippen LogP contribution in [0.5, 0.6) is 0 Å². The number of fused-ring (bicyclic) bond motifs is 1. The molecule has 0 aromatic heterocycles. The summed E-state index contributed by atoms with van der Waals surface area (Å²) in [5.41, 5.74) is 4.86. The van der Waals surface area contributed by atoms with E-state index < -0.39 is 67.6 Å². The lowest BCUT2D eigenvalue weighted by Crippen LogP contribution is -2.65. The second-order valence-corrected chi connectivity index (χ2v) is 15.1. The largest absolute Gasteiger partial charge is 0.509 e. The Balaban J connectivity index is 1.08. The van der Waals surface area contributed by atoms with E-state index in [1.807, 2.05) is 152 Å². The summed E-state index contributed by atoms with van der Waals surface area (Å²) in [5, 5.41) is 0. The molecule has 0 N–H and O–H groups in total. The van der Waals surface area contributed by atoms with Crippen molar-refractivity contribution in [3.05, 3.63) is 179 Å². The Morgan fingerprint density at radius 1 is 0.426 bits per heavy atom. The molecular weight excluding hydrogens is 781 g/mol. The molecule has 5 aromatic carbocycles. The van der Waals surface area contributed by atoms with E-state index in [2.05, 4.69) is 0 Å². The summed E-state index contributed by atoms with van der Waals surface area (Å²) in [7, 11) is 1.54. The molecule has 3 aliphatic heterocycles. The van der Waals surface area contributed by atoms with E-state index >= 15 is 0 Å². The van der Waals surface area contributed by atoms with Crippen molar-refractivity contribution >= 4 is 6.16 Å². The Morgan fingerprint density at radius 2 is 0.803 bits per heavy atom. The van der Waals surface area contributed by atoms with Crippen LogP contribution in [0.1, 0.15) is 27.8 Å². The number of methoxy groups -OCH3 is 1. The lowest BCUT2D eigenvalue weighted by Gasteiger charge is -2.48. The van der Waals surface area contributed by atoms with Gasteiger partial charge in [0.15, 0.2) is 24.8 Å². The fraction of sp³-hybridized carbons (Fsp3) is 0.367. The second kappa shape index (κ2) is 21.7. The van der Waals surface area contributed by atoms with E-state index in [-0.39, 0.29) is 33.0 Å². The van der Waals surface area contributed by atoms with Crippen molar-refractivity contribution in [2.45, 2.75) is 94.4 Å². The third-order valence-electron chi connectivity index (χ3n) is 10.8. The molecule has 8 rings (SSSR count). The van der Waals surface area contributed by atoms with Gasteiger partial charge in [0.1, 0.15) is 36.6 Å². The van der Waals surface area contributed by atoms with Gasteiger partial charge < -0.3 is 52.1 Å². The summed E-state index contributed by atoms with van der Waals surface area (Å²) >= 11 is 0. The zero-order chi connectivity index (χ0) is 41.6. The van der Waals surface area contributed by atoms with Crippen LogP contribution >= 0.6 is 0 Å². The smallest absolute Gasteiger partial charge is 0.424 e. The van der Waals surface area contributed by atoms with Gasteiger partial charge >= 0.3 is 6.16 Å². The molecule has 3 aliphatic rings. The molecule has 0 unspecified atom stereocenters. The number of benzene rings is 5. The Hall–Kier alpha value is -4.99. The van der Waals surface area contributed by atoms with E-state index in [9.17, 15) is 4.79 Å². The zero-order valence-corrected chi connectivity index (χ0v) is 34.1. The average Bonchev–Trinajstić information content (AvgIpc) is 3.71. The van der Waals surface area contributed by atoms with Crippen LogP contribution in [0.25, 0.3) is 0 Å². The molecule has 3 saturated heterocycles. The average molecular weight is 833 g/mol. The summed E-state index contributed by atoms with van der Waals surface area (Å²) in [6.07, 6.45) is -9.53. The minimum absolute atomic E-state index is 0.0986. The van der Waals surface area contributed by atoms with Crippen molar-refractivity contribution in [1.29, 1.82) is 0 Å². The molecule has 12 heteroatoms. The fourth-order valence-electron chi connectivity index (χ4n) is 7.76. The van der Waals surface area contributed by atoms with Crippen molar-refractivity contribution in [2.75, 3.05) is 20.3 Å². The van der Waals surface area contributed by atoms with Crippen LogP contribution in [0.4, 0.5) is 4.79 Å². The Labute approximate surface area is 356 Å². The van der Waals surface area contributed by atoms with Gasteiger partial charge in [0.25, 0.3) is 0 Å². The molecule has 0 amide bonds. The van der Waals surface area contributed by atoms with Gasteiger partial charge in [-0.3, -0.25) is 0 Å². The van der Waals surface area contributed by atoms with Crippen LogP contribution in [0.15, 0.2) is 152 Å². The number of carbonyl (C=O) groups excluding carboxylic acids is 1. The van der Waals surface area contributed by atoms with Crippen LogP contribution in [-0.2, 0) is 85.1 Å². The van der Waals surface area contributed by atoms with Gasteiger partial charge in [-0.2, -0.15) is 0 Å². The van der Waals surface area contributed by atoms with Crippen molar-refractivity contribution < 1.29 is 56.9 Å². The first-order chi connectivity index (χ1) is 30.1. The number of rotatable bonds is 20. The monoisotopic (exact) mass is 832 g/mol. The highest BCUT2D eigenvalue weighted by Crippen LogP contribution is 2.38. The lowest BCUT2D eigenvalue weighted by atomic mass is 9.96. The molecule has 3 fully saturated rings. The number of carbonyl (C=O) groups is 1. The summed E-state index contributed by atoms with van der Waals surface area (Å²) < 4.78 is 70.6. The molecule has 0 radical (unpaired) electrons. The summed E-state index contributed by atoms with van der Waals surface area (Å²) in [5.74, 6) is 0. The summed E-state index contributed by atoms with van der Waals surface area (Å²) in [4.78, 5) is 13.0. The van der Waals surface area contributed by atoms with Crippen LogP contribution in [0.3, 0.4) is 0 Å². The maximum atomic E-state index is 13.0. The van der Waals surface area contributed by atoms with Gasteiger partial charge in [0.2, 0.25) is 0 Å². The number of ether oxygens (including phenoxy) is 11. The quantitative estimate of drug-likeness (QED) is 0.0721. The molecule has 5 aromatic rings. The van der Waals surface area contributed by atoms with E-state index in [1.54, 1.807) is 7.11 Å². The van der Waals surface area contributed by atoms with Gasteiger partial charge in [-0.25, -0.2) is 4.79 Å². The molecule has 61 heavy (non-hydrogen) atoms. The van der Waals surface area contributed by atoms with Gasteiger partial charge in [-0.1, -0.05) is 152 Å². The summed E-state index contributed by atoms with van der Waals surface area (Å²) in [6.45, 7) is 1.69. The SMILES string of the molecule is CO[C@H]1O[C@H](COCc2ccccc2)[C@@H](OCc2ccccc2)[C@H](OCc2ccccc2)[C@H]1O[C@@H]1O[C@H](COCc2ccccc2)[C@H](OCc2ccccc2)[C@@H]2OC(=O)O[C@@H]12. The zero-order valence-electron chi connectivity index (χ0n) is 34.1. The van der Waals surface area contributed by atoms with Crippen LogP contribution in [-0.4, -0.2) is 87.9 Å². The van der Waals surface area contributed by atoms with Gasteiger partial charge in [-0.05, 0) is 27.8 Å². The maximum absolute atomic E-state index is 13.0. The fourth-order valence-corrected chi connectivity index (χ4v) is 7.76. The van der Waals surface area contributed by atoms with Crippen LogP contribution < -0.4 is 0 Å². The highest BCUT2D eigenvalue weighted by atomic mass is 16.8. The van der Waals surface area contributed by atoms with Crippen molar-refractivity contribution in [1.82, 2.24) is 0 Å². The molecular formula is C49H52O12. The summed E-state index contributed by atoms with van der Waals surface area (Å²) in [6, 6.07) is 49.2. The van der Waals surface area contributed by atoms with E-state index in [0.717, 1.165) is 27.8 Å². The van der Waals surface area contributed by atoms with E-state index in [4.69, 9.17) is 52.1 Å². The predicted molar refractivity (Wildman–Crippen MR) is 222 cm³/mol. The minimum Gasteiger partial charge on any atom is -0.424 e. The Morgan fingerprint density at radius 3 is 1.26 bits per heavy atom. The molecule has 0 saturated carbocycles. The number of hydrogen-bond donors (Lipinski definition) is 0. The number of hydrogen-bond acceptors (Lipinski definition) is 12. The van der Waals surface area contributed by atoms with Gasteiger partial charge in [0.05, 0.1) is 46.2 Å². The first-order valence-corrected chi connectivity index (χ1v) is 20.7. The lowest BCUT2D eigenvalue weighted by molar-refractivity contribution is -0.367. The molecule has 3 heterocycles. The third kappa shape index (κ3) is 11.5. The first kappa shape index (κ1) is 42.7. The first-order valence-electron chi connectivity index (χ1n) is 20.7. The molecule has 10 atom stereocenters. The van der Waals surface area contributed by atoms with Gasteiger partial charge in [0, 0.05) is 7.11 Å². The maximum Gasteiger partial charge on any atom is 0.509 e. The van der Waals surface area contributed by atoms with Crippen LogP contribution in [0, 0.1) is 0 Å². The van der Waals surface area contributed by atoms with Crippen molar-refractivity contribution in [3.8, 4) is 0 Å². The molecule has 320 valence electrons. The van der Waals surface area contributed by atoms with Crippen LogP contribution in [0.2, 0.25) is 0 Å². The third-order valence-corrected chi connectivity index (χ3v) is 10.8. The Bertz CT molecular complexity index is 2030. The van der Waals surface area contributed by atoms with Crippen molar-refractivity contribution in [2.24, 2.45) is 0 Å². The predicted octanol–water partition coefficient (Wildman–Crippen LogP) is 7.56. The Kier molecular flexibility index (Phi) is 15.2. The molecule has 0 bridgehead atoms. The topological polar surface area (TPSA) is 119 Å². The minimum atomic E-state index is -1.17. The highest BCUT2D eigenvalue weighted by molar-refractivity contribution is 5.63. The highest BCUT2D eigenvalue weighted by Gasteiger charge is 2.58. The molecule has 0 aliphatic carbocycles. The van der Waals surface area contributed by atoms with E-state index in [0.29, 0.717) is 13.2 Å². The molecule has 12 nitrogen and oxygen atoms in total. The van der Waals surface area contributed by atoms with E-state index in [1.165, 1.54) is 0 Å². The molecule has 0 spiro atoms. The second-order valence-electron chi connectivity index (χ2n) is 15.1. The standard InChI is InChI=1S/C49H52O12/c1-51-47-45(59-48-46-44(60-49(50)61-46)42(55-30-37-23-13-5-14-24-37)40(58-48)33-53-28-35-19-9-3-10-20-35)43(56-31-38-25-15-6-16-26-38)41(54-29-36-21-11-4-12-22-36)39(57-47)32-52-27-34-17-7-2-8-18-34/h2-26,39-48H,27-33H2,1H3/t39-,40-,41-,42+,43+,44+,45-,46-,47+,48+/m1/s1.